The van der Waals surface area contributed by atoms with Gasteiger partial charge >= 0.3 is 0 Å². The molecule has 1 aromatic carbocycles. The van der Waals surface area contributed by atoms with Crippen LogP contribution in [0.4, 0.5) is 0 Å². The summed E-state index contributed by atoms with van der Waals surface area (Å²) in [4.78, 5) is 33.5. The molecule has 0 aliphatic carbocycles. The van der Waals surface area contributed by atoms with Gasteiger partial charge in [-0.25, -0.2) is 0 Å². The van der Waals surface area contributed by atoms with E-state index in [0.717, 1.165) is 29.6 Å². The third-order valence-corrected chi connectivity index (χ3v) is 5.44. The summed E-state index contributed by atoms with van der Waals surface area (Å²) in [7, 11) is 0. The van der Waals surface area contributed by atoms with Crippen LogP contribution in [0.15, 0.2) is 29.1 Å². The van der Waals surface area contributed by atoms with E-state index in [1.165, 1.54) is 22.2 Å². The number of H-pyrrole nitrogens is 2. The first-order chi connectivity index (χ1) is 12.5. The SMILES string of the molecule is CCc1[nH]c(=O)c(C(=O)N2CCc3[nH]c4c(C)cccc4c3C2)cc1C. The lowest BCUT2D eigenvalue weighted by molar-refractivity contribution is 0.0733. The minimum absolute atomic E-state index is 0.190. The second-order valence-corrected chi connectivity index (χ2v) is 7.08. The minimum atomic E-state index is -0.294. The Kier molecular flexibility index (Phi) is 3.94. The Morgan fingerprint density at radius 2 is 2.00 bits per heavy atom. The standard InChI is InChI=1S/C21H23N3O2/c1-4-17-13(3)10-15(20(25)23-17)21(26)24-9-8-18-16(11-24)14-7-5-6-12(2)19(14)22-18/h5-7,10,22H,4,8-9,11H2,1-3H3,(H,23,25). The Bertz CT molecular complexity index is 1070. The van der Waals surface area contributed by atoms with Crippen LogP contribution >= 0.6 is 0 Å². The number of aromatic amines is 2. The molecule has 3 heterocycles. The zero-order chi connectivity index (χ0) is 18.4. The van der Waals surface area contributed by atoms with Gasteiger partial charge < -0.3 is 14.9 Å². The molecule has 0 bridgehead atoms. The summed E-state index contributed by atoms with van der Waals surface area (Å²) in [5, 5.41) is 1.17. The summed E-state index contributed by atoms with van der Waals surface area (Å²) < 4.78 is 0. The number of aromatic nitrogens is 2. The predicted molar refractivity (Wildman–Crippen MR) is 103 cm³/mol. The molecule has 26 heavy (non-hydrogen) atoms. The summed E-state index contributed by atoms with van der Waals surface area (Å²) in [6.07, 6.45) is 1.52. The van der Waals surface area contributed by atoms with Crippen LogP contribution in [0.5, 0.6) is 0 Å². The van der Waals surface area contributed by atoms with Crippen LogP contribution in [0.1, 0.15) is 45.4 Å². The molecule has 3 aromatic rings. The van der Waals surface area contributed by atoms with Crippen molar-refractivity contribution in [3.05, 3.63) is 68.3 Å². The molecule has 5 nitrogen and oxygen atoms in total. The summed E-state index contributed by atoms with van der Waals surface area (Å²) in [5.41, 5.74) is 6.50. The molecule has 2 aromatic heterocycles. The van der Waals surface area contributed by atoms with Gasteiger partial charge in [0.25, 0.3) is 11.5 Å². The number of aryl methyl sites for hydroxylation is 3. The zero-order valence-electron chi connectivity index (χ0n) is 15.4. The Balaban J connectivity index is 1.70. The molecular weight excluding hydrogens is 326 g/mol. The molecular formula is C21H23N3O2. The van der Waals surface area contributed by atoms with Crippen molar-refractivity contribution in [3.8, 4) is 0 Å². The summed E-state index contributed by atoms with van der Waals surface area (Å²) in [6, 6.07) is 7.96. The first-order valence-electron chi connectivity index (χ1n) is 9.10. The number of nitrogens with zero attached hydrogens (tertiary/aromatic N) is 1. The third-order valence-electron chi connectivity index (χ3n) is 5.44. The predicted octanol–water partition coefficient (Wildman–Crippen LogP) is 3.23. The van der Waals surface area contributed by atoms with Gasteiger partial charge in [-0.2, -0.15) is 0 Å². The number of fused-ring (bicyclic) bond motifs is 3. The van der Waals surface area contributed by atoms with Crippen molar-refractivity contribution in [1.29, 1.82) is 0 Å². The lowest BCUT2D eigenvalue weighted by Crippen LogP contribution is -2.38. The Morgan fingerprint density at radius 3 is 2.77 bits per heavy atom. The van der Waals surface area contributed by atoms with E-state index >= 15 is 0 Å². The van der Waals surface area contributed by atoms with Crippen LogP contribution in [-0.4, -0.2) is 27.3 Å². The number of hydrogen-bond donors (Lipinski definition) is 2. The normalized spacial score (nSPS) is 13.9. The summed E-state index contributed by atoms with van der Waals surface area (Å²) in [6.45, 7) is 7.16. The molecule has 1 aliphatic heterocycles. The number of hydrogen-bond acceptors (Lipinski definition) is 2. The number of nitrogens with one attached hydrogen (secondary N) is 2. The fraction of sp³-hybridized carbons (Fsp3) is 0.333. The number of benzene rings is 1. The van der Waals surface area contributed by atoms with E-state index in [9.17, 15) is 9.59 Å². The Hall–Kier alpha value is -2.82. The van der Waals surface area contributed by atoms with Gasteiger partial charge in [0.1, 0.15) is 5.56 Å². The number of carbonyl (C=O) groups is 1. The fourth-order valence-electron chi connectivity index (χ4n) is 3.93. The van der Waals surface area contributed by atoms with E-state index in [0.29, 0.717) is 13.1 Å². The number of carbonyl (C=O) groups excluding carboxylic acids is 1. The minimum Gasteiger partial charge on any atom is -0.358 e. The van der Waals surface area contributed by atoms with Crippen molar-refractivity contribution in [1.82, 2.24) is 14.9 Å². The van der Waals surface area contributed by atoms with Gasteiger partial charge in [0, 0.05) is 47.4 Å². The van der Waals surface area contributed by atoms with Crippen LogP contribution in [-0.2, 0) is 19.4 Å². The van der Waals surface area contributed by atoms with E-state index in [1.807, 2.05) is 19.9 Å². The second kappa shape index (κ2) is 6.16. The van der Waals surface area contributed by atoms with Crippen LogP contribution in [0.3, 0.4) is 0 Å². The molecule has 4 rings (SSSR count). The van der Waals surface area contributed by atoms with E-state index in [2.05, 4.69) is 29.0 Å². The molecule has 134 valence electrons. The zero-order valence-corrected chi connectivity index (χ0v) is 15.4. The fourth-order valence-corrected chi connectivity index (χ4v) is 3.93. The van der Waals surface area contributed by atoms with Crippen molar-refractivity contribution < 1.29 is 4.79 Å². The highest BCUT2D eigenvalue weighted by Crippen LogP contribution is 2.29. The summed E-state index contributed by atoms with van der Waals surface area (Å²) >= 11 is 0. The van der Waals surface area contributed by atoms with E-state index in [-0.39, 0.29) is 17.0 Å². The molecule has 1 aliphatic rings. The molecule has 1 amide bonds. The third kappa shape index (κ3) is 2.55. The largest absolute Gasteiger partial charge is 0.358 e. The summed E-state index contributed by atoms with van der Waals surface area (Å²) in [5.74, 6) is -0.190. The van der Waals surface area contributed by atoms with E-state index < -0.39 is 0 Å². The van der Waals surface area contributed by atoms with Gasteiger partial charge in [0.15, 0.2) is 0 Å². The van der Waals surface area contributed by atoms with Crippen molar-refractivity contribution >= 4 is 16.8 Å². The molecule has 0 atom stereocenters. The molecule has 0 spiro atoms. The van der Waals surface area contributed by atoms with Gasteiger partial charge in [-0.05, 0) is 37.5 Å². The maximum atomic E-state index is 13.0. The van der Waals surface area contributed by atoms with Crippen molar-refractivity contribution in [2.45, 2.75) is 40.2 Å². The lowest BCUT2D eigenvalue weighted by atomic mass is 10.0. The number of pyridine rings is 1. The number of para-hydroxylation sites is 1. The highest BCUT2D eigenvalue weighted by atomic mass is 16.2. The number of amides is 1. The molecule has 2 N–H and O–H groups in total. The van der Waals surface area contributed by atoms with Crippen LogP contribution in [0.25, 0.3) is 10.9 Å². The van der Waals surface area contributed by atoms with Crippen LogP contribution < -0.4 is 5.56 Å². The monoisotopic (exact) mass is 349 g/mol. The van der Waals surface area contributed by atoms with Gasteiger partial charge in [0.05, 0.1) is 0 Å². The smallest absolute Gasteiger partial charge is 0.261 e. The highest BCUT2D eigenvalue weighted by Gasteiger charge is 2.26. The molecule has 5 heteroatoms. The average molecular weight is 349 g/mol. The molecule has 0 fully saturated rings. The number of rotatable bonds is 2. The first kappa shape index (κ1) is 16.6. The maximum Gasteiger partial charge on any atom is 0.261 e. The van der Waals surface area contributed by atoms with E-state index in [4.69, 9.17) is 0 Å². The molecule has 0 unspecified atom stereocenters. The molecule has 0 radical (unpaired) electrons. The van der Waals surface area contributed by atoms with Crippen LogP contribution in [0, 0.1) is 13.8 Å². The average Bonchev–Trinajstić information content (AvgIpc) is 3.02. The highest BCUT2D eigenvalue weighted by molar-refractivity contribution is 5.95. The lowest BCUT2D eigenvalue weighted by Gasteiger charge is -2.27. The maximum absolute atomic E-state index is 13.0. The Morgan fingerprint density at radius 1 is 1.19 bits per heavy atom. The van der Waals surface area contributed by atoms with E-state index in [1.54, 1.807) is 11.0 Å². The Labute approximate surface area is 152 Å². The topological polar surface area (TPSA) is 69.0 Å². The van der Waals surface area contributed by atoms with Crippen molar-refractivity contribution in [3.63, 3.8) is 0 Å². The van der Waals surface area contributed by atoms with Gasteiger partial charge in [0.2, 0.25) is 0 Å². The van der Waals surface area contributed by atoms with Crippen molar-refractivity contribution in [2.75, 3.05) is 6.54 Å². The van der Waals surface area contributed by atoms with Crippen LogP contribution in [0.2, 0.25) is 0 Å². The quantitative estimate of drug-likeness (QED) is 0.746. The van der Waals surface area contributed by atoms with Gasteiger partial charge in [-0.15, -0.1) is 0 Å². The second-order valence-electron chi connectivity index (χ2n) is 7.08. The van der Waals surface area contributed by atoms with Gasteiger partial charge in [-0.1, -0.05) is 25.1 Å². The molecule has 0 saturated carbocycles. The molecule has 0 saturated heterocycles. The van der Waals surface area contributed by atoms with Gasteiger partial charge in [-0.3, -0.25) is 9.59 Å². The van der Waals surface area contributed by atoms with Crippen molar-refractivity contribution in [2.24, 2.45) is 0 Å². The first-order valence-corrected chi connectivity index (χ1v) is 9.10.